The fourth-order valence-electron chi connectivity index (χ4n) is 9.04. The van der Waals surface area contributed by atoms with Crippen molar-refractivity contribution < 1.29 is 14.6 Å². The molecule has 0 radical (unpaired) electrons. The van der Waals surface area contributed by atoms with E-state index in [9.17, 15) is 10.2 Å². The van der Waals surface area contributed by atoms with Crippen molar-refractivity contribution in [3.05, 3.63) is 0 Å². The van der Waals surface area contributed by atoms with Gasteiger partial charge < -0.3 is 14.6 Å². The molecule has 4 saturated carbocycles. The zero-order valence-electron chi connectivity index (χ0n) is 22.3. The average molecular weight is 465 g/mol. The quantitative estimate of drug-likeness (QED) is 0.459. The van der Waals surface area contributed by atoms with E-state index in [1.807, 2.05) is 0 Å². The van der Waals surface area contributed by atoms with Gasteiger partial charge in [0, 0.05) is 12.7 Å². The lowest BCUT2D eigenvalue weighted by Gasteiger charge is -2.62. The molecule has 0 saturated heterocycles. The van der Waals surface area contributed by atoms with Crippen LogP contribution in [0.4, 0.5) is 0 Å². The van der Waals surface area contributed by atoms with Gasteiger partial charge in [0.05, 0.1) is 6.10 Å². The lowest BCUT2D eigenvalue weighted by atomic mass is 9.44. The van der Waals surface area contributed by atoms with E-state index >= 15 is 0 Å². The third-order valence-corrected chi connectivity index (χ3v) is 16.4. The second kappa shape index (κ2) is 8.35. The highest BCUT2D eigenvalue weighted by atomic mass is 28.4. The Morgan fingerprint density at radius 1 is 1.00 bits per heavy atom. The zero-order chi connectivity index (χ0) is 23.7. The second-order valence-corrected chi connectivity index (χ2v) is 19.2. The molecule has 4 rings (SSSR count). The van der Waals surface area contributed by atoms with E-state index in [1.165, 1.54) is 44.9 Å². The average Bonchev–Trinajstić information content (AvgIpc) is 2.97. The van der Waals surface area contributed by atoms with Gasteiger partial charge in [-0.2, -0.15) is 0 Å². The lowest BCUT2D eigenvalue weighted by Crippen LogP contribution is -2.56. The summed E-state index contributed by atoms with van der Waals surface area (Å²) in [4.78, 5) is 0. The van der Waals surface area contributed by atoms with Crippen LogP contribution in [0.1, 0.15) is 92.9 Å². The van der Waals surface area contributed by atoms with Gasteiger partial charge in [-0.25, -0.2) is 0 Å². The van der Waals surface area contributed by atoms with E-state index in [1.54, 1.807) is 0 Å². The predicted molar refractivity (Wildman–Crippen MR) is 135 cm³/mol. The Bertz CT molecular complexity index is 687. The third-order valence-electron chi connectivity index (χ3n) is 11.9. The zero-order valence-corrected chi connectivity index (χ0v) is 23.3. The summed E-state index contributed by atoms with van der Waals surface area (Å²) < 4.78 is 6.90. The highest BCUT2D eigenvalue weighted by molar-refractivity contribution is 6.74. The van der Waals surface area contributed by atoms with Crippen molar-refractivity contribution in [3.63, 3.8) is 0 Å². The maximum atomic E-state index is 11.3. The highest BCUT2D eigenvalue weighted by Crippen LogP contribution is 2.68. The van der Waals surface area contributed by atoms with E-state index in [-0.39, 0.29) is 23.2 Å². The Balaban J connectivity index is 1.50. The van der Waals surface area contributed by atoms with Crippen LogP contribution in [0.5, 0.6) is 0 Å². The molecule has 10 atom stereocenters. The summed E-state index contributed by atoms with van der Waals surface area (Å²) in [6.07, 6.45) is 10.1. The minimum absolute atomic E-state index is 0.176. The number of rotatable bonds is 4. The summed E-state index contributed by atoms with van der Waals surface area (Å²) in [6.45, 7) is 19.4. The van der Waals surface area contributed by atoms with Crippen LogP contribution in [0.3, 0.4) is 0 Å². The first-order valence-electron chi connectivity index (χ1n) is 13.7. The third kappa shape index (κ3) is 3.87. The van der Waals surface area contributed by atoms with Crippen molar-refractivity contribution >= 4 is 8.32 Å². The number of hydrogen-bond acceptors (Lipinski definition) is 3. The van der Waals surface area contributed by atoms with Crippen molar-refractivity contribution in [2.24, 2.45) is 46.3 Å². The van der Waals surface area contributed by atoms with Crippen LogP contribution >= 0.6 is 0 Å². The Labute approximate surface area is 199 Å². The van der Waals surface area contributed by atoms with Crippen LogP contribution in [0.2, 0.25) is 18.1 Å². The molecule has 186 valence electrons. The number of aliphatic hydroxyl groups is 2. The van der Waals surface area contributed by atoms with Gasteiger partial charge in [0.1, 0.15) is 0 Å². The first-order chi connectivity index (χ1) is 14.7. The van der Waals surface area contributed by atoms with Gasteiger partial charge in [-0.15, -0.1) is 0 Å². The van der Waals surface area contributed by atoms with Crippen LogP contribution in [-0.4, -0.2) is 37.3 Å². The molecule has 0 amide bonds. The predicted octanol–water partition coefficient (Wildman–Crippen LogP) is 6.63. The normalized spacial score (nSPS) is 48.0. The van der Waals surface area contributed by atoms with Gasteiger partial charge in [0.2, 0.25) is 0 Å². The maximum Gasteiger partial charge on any atom is 0.192 e. The molecule has 0 heterocycles. The molecule has 0 unspecified atom stereocenters. The number of fused-ring (bicyclic) bond motifs is 5. The molecule has 0 bridgehead atoms. The van der Waals surface area contributed by atoms with Crippen molar-refractivity contribution in [1.29, 1.82) is 0 Å². The Morgan fingerprint density at radius 3 is 2.28 bits per heavy atom. The summed E-state index contributed by atoms with van der Waals surface area (Å²) in [6, 6.07) is 0. The number of hydrogen-bond donors (Lipinski definition) is 2. The molecule has 0 spiro atoms. The highest BCUT2D eigenvalue weighted by Gasteiger charge is 2.63. The van der Waals surface area contributed by atoms with Crippen molar-refractivity contribution in [2.45, 2.75) is 123 Å². The first kappa shape index (κ1) is 25.2. The van der Waals surface area contributed by atoms with Crippen LogP contribution in [0.15, 0.2) is 0 Å². The summed E-state index contributed by atoms with van der Waals surface area (Å²) in [5.41, 5.74) is 0.618. The summed E-state index contributed by atoms with van der Waals surface area (Å²) in [7, 11) is -1.72. The van der Waals surface area contributed by atoms with E-state index in [0.29, 0.717) is 35.2 Å². The minimum atomic E-state index is -1.72. The van der Waals surface area contributed by atoms with Crippen molar-refractivity contribution in [1.82, 2.24) is 0 Å². The van der Waals surface area contributed by atoms with Crippen molar-refractivity contribution in [2.75, 3.05) is 6.61 Å². The van der Waals surface area contributed by atoms with Crippen LogP contribution < -0.4 is 0 Å². The molecule has 0 aromatic carbocycles. The molecule has 32 heavy (non-hydrogen) atoms. The molecule has 3 nitrogen and oxygen atoms in total. The van der Waals surface area contributed by atoms with Crippen molar-refractivity contribution in [3.8, 4) is 0 Å². The van der Waals surface area contributed by atoms with E-state index in [4.69, 9.17) is 4.43 Å². The fourth-order valence-corrected chi connectivity index (χ4v) is 10.4. The second-order valence-electron chi connectivity index (χ2n) is 14.5. The summed E-state index contributed by atoms with van der Waals surface area (Å²) in [5, 5.41) is 21.4. The lowest BCUT2D eigenvalue weighted by molar-refractivity contribution is -0.141. The molecule has 4 aliphatic rings. The number of aliphatic hydroxyl groups excluding tert-OH is 2. The molecular weight excluding hydrogens is 412 g/mol. The molecule has 4 aliphatic carbocycles. The van der Waals surface area contributed by atoms with E-state index < -0.39 is 8.32 Å². The standard InChI is InChI=1S/C28H52O3Si/c1-18(17-29)23-16-24(30)25-21-10-9-19-15-20(31-32(7,8)26(2,3)4)11-13-27(19,5)22(21)12-14-28(23,25)6/h18-25,29-30H,9-17H2,1-8H3/t18-,19+,20+,21-,22+,23-,24-,25-,27+,28-/m1/s1. The topological polar surface area (TPSA) is 49.7 Å². The van der Waals surface area contributed by atoms with E-state index in [0.717, 1.165) is 18.3 Å². The molecule has 2 N–H and O–H groups in total. The van der Waals surface area contributed by atoms with Gasteiger partial charge >= 0.3 is 0 Å². The Morgan fingerprint density at radius 2 is 1.66 bits per heavy atom. The van der Waals surface area contributed by atoms with E-state index in [2.05, 4.69) is 54.6 Å². The molecule has 4 heteroatoms. The monoisotopic (exact) mass is 464 g/mol. The smallest absolute Gasteiger partial charge is 0.192 e. The Kier molecular flexibility index (Phi) is 6.57. The molecular formula is C28H52O3Si. The molecule has 0 aromatic heterocycles. The summed E-state index contributed by atoms with van der Waals surface area (Å²) in [5.74, 6) is 3.39. The van der Waals surface area contributed by atoms with Gasteiger partial charge in [-0.05, 0) is 116 Å². The van der Waals surface area contributed by atoms with Gasteiger partial charge in [0.15, 0.2) is 8.32 Å². The van der Waals surface area contributed by atoms with Gasteiger partial charge in [-0.3, -0.25) is 0 Å². The van der Waals surface area contributed by atoms with Gasteiger partial charge in [-0.1, -0.05) is 41.5 Å². The van der Waals surface area contributed by atoms with Crippen LogP contribution in [-0.2, 0) is 4.43 Å². The summed E-state index contributed by atoms with van der Waals surface area (Å²) >= 11 is 0. The first-order valence-corrected chi connectivity index (χ1v) is 16.6. The fraction of sp³-hybridized carbons (Fsp3) is 1.00. The minimum Gasteiger partial charge on any atom is -0.414 e. The SMILES string of the molecule is C[C@H](CO)[C@H]1C[C@@H](O)[C@H]2[C@@H]3CC[C@H]4C[C@@H](O[Si](C)(C)C(C)(C)C)CC[C@]4(C)[C@H]3CC[C@@]21C. The maximum absolute atomic E-state index is 11.3. The molecule has 0 aliphatic heterocycles. The van der Waals surface area contributed by atoms with Crippen LogP contribution in [0.25, 0.3) is 0 Å². The largest absolute Gasteiger partial charge is 0.414 e. The molecule has 0 aromatic rings. The van der Waals surface area contributed by atoms with Crippen LogP contribution in [0, 0.1) is 46.3 Å². The van der Waals surface area contributed by atoms with Gasteiger partial charge in [0.25, 0.3) is 0 Å². The Hall–Kier alpha value is 0.0969. The molecule has 4 fully saturated rings.